The van der Waals surface area contributed by atoms with E-state index in [-0.39, 0.29) is 0 Å². The molecule has 0 aliphatic carbocycles. The van der Waals surface area contributed by atoms with E-state index in [1.165, 1.54) is 0 Å². The fraction of sp³-hybridized carbons (Fsp3) is 0.263. The Kier molecular flexibility index (Phi) is 7.25. The van der Waals surface area contributed by atoms with Gasteiger partial charge in [-0.05, 0) is 49.5 Å². The molecule has 7 nitrogen and oxygen atoms in total. The molecule has 0 radical (unpaired) electrons. The van der Waals surface area contributed by atoms with Crippen LogP contribution in [0, 0.1) is 0 Å². The second-order valence-electron chi connectivity index (χ2n) is 5.40. The van der Waals surface area contributed by atoms with Crippen molar-refractivity contribution in [2.24, 2.45) is 5.10 Å². The molecule has 0 aromatic heterocycles. The summed E-state index contributed by atoms with van der Waals surface area (Å²) in [5.41, 5.74) is 5.21. The van der Waals surface area contributed by atoms with E-state index in [2.05, 4.69) is 15.8 Å². The van der Waals surface area contributed by atoms with Crippen LogP contribution in [0.5, 0.6) is 23.0 Å². The molecule has 0 unspecified atom stereocenters. The van der Waals surface area contributed by atoms with Gasteiger partial charge in [0.1, 0.15) is 0 Å². The van der Waals surface area contributed by atoms with Crippen molar-refractivity contribution in [3.05, 3.63) is 42.0 Å². The minimum absolute atomic E-state index is 0.349. The number of ether oxygens (including phenoxy) is 4. The Morgan fingerprint density at radius 1 is 0.815 bits per heavy atom. The average Bonchev–Trinajstić information content (AvgIpc) is 2.71. The van der Waals surface area contributed by atoms with Gasteiger partial charge in [0, 0.05) is 17.3 Å². The van der Waals surface area contributed by atoms with E-state index in [0.29, 0.717) is 28.1 Å². The maximum Gasteiger partial charge on any atom is 0.191 e. The van der Waals surface area contributed by atoms with Gasteiger partial charge in [-0.25, -0.2) is 0 Å². The number of benzene rings is 2. The third-order valence-corrected chi connectivity index (χ3v) is 3.96. The predicted octanol–water partition coefficient (Wildman–Crippen LogP) is 3.43. The summed E-state index contributed by atoms with van der Waals surface area (Å²) in [5.74, 6) is 2.54. The Balaban J connectivity index is 2.05. The molecule has 0 saturated heterocycles. The van der Waals surface area contributed by atoms with Gasteiger partial charge in [0.2, 0.25) is 0 Å². The molecule has 0 spiro atoms. The van der Waals surface area contributed by atoms with Crippen molar-refractivity contribution >= 4 is 28.7 Å². The molecule has 144 valence electrons. The van der Waals surface area contributed by atoms with Gasteiger partial charge in [0.25, 0.3) is 0 Å². The van der Waals surface area contributed by atoms with Crippen LogP contribution in [0.3, 0.4) is 0 Å². The van der Waals surface area contributed by atoms with Crippen molar-refractivity contribution in [2.75, 3.05) is 33.8 Å². The molecule has 0 aliphatic rings. The lowest BCUT2D eigenvalue weighted by Gasteiger charge is -2.12. The number of anilines is 1. The zero-order valence-electron chi connectivity index (χ0n) is 16.0. The van der Waals surface area contributed by atoms with Crippen molar-refractivity contribution in [2.45, 2.75) is 6.92 Å². The van der Waals surface area contributed by atoms with Crippen LogP contribution in [0.15, 0.2) is 41.5 Å². The van der Waals surface area contributed by atoms with E-state index in [1.807, 2.05) is 31.2 Å². The van der Waals surface area contributed by atoms with E-state index in [9.17, 15) is 0 Å². The smallest absolute Gasteiger partial charge is 0.191 e. The fourth-order valence-electron chi connectivity index (χ4n) is 2.33. The van der Waals surface area contributed by atoms with E-state index >= 15 is 0 Å². The van der Waals surface area contributed by atoms with Crippen molar-refractivity contribution in [3.8, 4) is 23.0 Å². The van der Waals surface area contributed by atoms with Crippen LogP contribution in [-0.2, 0) is 0 Å². The van der Waals surface area contributed by atoms with Crippen molar-refractivity contribution < 1.29 is 18.9 Å². The second-order valence-corrected chi connectivity index (χ2v) is 5.81. The second kappa shape index (κ2) is 9.63. The van der Waals surface area contributed by atoms with E-state index < -0.39 is 0 Å². The predicted molar refractivity (Wildman–Crippen MR) is 111 cm³/mol. The molecule has 0 heterocycles. The molecule has 0 fully saturated rings. The van der Waals surface area contributed by atoms with Gasteiger partial charge in [-0.2, -0.15) is 5.10 Å². The van der Waals surface area contributed by atoms with Crippen LogP contribution >= 0.6 is 12.2 Å². The molecule has 2 aromatic rings. The molecule has 0 atom stereocenters. The number of rotatable bonds is 7. The summed E-state index contributed by atoms with van der Waals surface area (Å²) in [5, 5.41) is 7.71. The number of thiocarbonyl (C=S) groups is 1. The fourth-order valence-corrected chi connectivity index (χ4v) is 2.50. The third-order valence-electron chi connectivity index (χ3n) is 3.77. The molecular formula is C19H23N3O4S. The average molecular weight is 389 g/mol. The van der Waals surface area contributed by atoms with Crippen molar-refractivity contribution in [1.82, 2.24) is 5.43 Å². The normalized spacial score (nSPS) is 10.8. The number of methoxy groups -OCH3 is 4. The van der Waals surface area contributed by atoms with Gasteiger partial charge in [-0.15, -0.1) is 0 Å². The van der Waals surface area contributed by atoms with Crippen molar-refractivity contribution in [1.29, 1.82) is 0 Å². The van der Waals surface area contributed by atoms with E-state index in [4.69, 9.17) is 31.2 Å². The first-order valence-corrected chi connectivity index (χ1v) is 8.49. The number of hydrogen-bond donors (Lipinski definition) is 2. The highest BCUT2D eigenvalue weighted by Gasteiger charge is 2.08. The Morgan fingerprint density at radius 3 is 1.96 bits per heavy atom. The number of hydrazone groups is 1. The summed E-state index contributed by atoms with van der Waals surface area (Å²) >= 11 is 5.29. The molecule has 2 aromatic carbocycles. The first-order valence-electron chi connectivity index (χ1n) is 8.08. The zero-order valence-corrected chi connectivity index (χ0v) is 16.8. The summed E-state index contributed by atoms with van der Waals surface area (Å²) in [6, 6.07) is 11.0. The van der Waals surface area contributed by atoms with Crippen LogP contribution in [0.2, 0.25) is 0 Å². The molecule has 0 aliphatic heterocycles. The number of nitrogens with zero attached hydrogens (tertiary/aromatic N) is 1. The lowest BCUT2D eigenvalue weighted by Crippen LogP contribution is -2.25. The standard InChI is InChI=1S/C19H23N3O4S/c1-12(13-6-8-15(23-2)17(10-13)25-4)21-22-19(27)20-14-7-9-16(24-3)18(11-14)26-5/h6-11H,1-5H3,(H2,20,22,27)/b21-12-. The van der Waals surface area contributed by atoms with Gasteiger partial charge < -0.3 is 24.3 Å². The largest absolute Gasteiger partial charge is 0.493 e. The van der Waals surface area contributed by atoms with Crippen LogP contribution in [0.25, 0.3) is 0 Å². The maximum absolute atomic E-state index is 5.31. The molecule has 2 rings (SSSR count). The third kappa shape index (κ3) is 5.24. The molecule has 8 heteroatoms. The van der Waals surface area contributed by atoms with Crippen LogP contribution in [0.4, 0.5) is 5.69 Å². The number of nitrogens with one attached hydrogen (secondary N) is 2. The molecule has 0 bridgehead atoms. The summed E-state index contributed by atoms with van der Waals surface area (Å²) in [4.78, 5) is 0. The lowest BCUT2D eigenvalue weighted by atomic mass is 10.1. The van der Waals surface area contributed by atoms with Crippen LogP contribution in [-0.4, -0.2) is 39.3 Å². The highest BCUT2D eigenvalue weighted by molar-refractivity contribution is 7.80. The monoisotopic (exact) mass is 389 g/mol. The summed E-state index contributed by atoms with van der Waals surface area (Å²) in [6.07, 6.45) is 0. The molecular weight excluding hydrogens is 366 g/mol. The molecule has 0 saturated carbocycles. The Morgan fingerprint density at radius 2 is 1.37 bits per heavy atom. The Hall–Kier alpha value is -3.00. The van der Waals surface area contributed by atoms with Crippen molar-refractivity contribution in [3.63, 3.8) is 0 Å². The Bertz CT molecular complexity index is 840. The quantitative estimate of drug-likeness (QED) is 0.427. The SMILES string of the molecule is COc1ccc(NC(=S)N/N=C(/C)c2ccc(OC)c(OC)c2)cc1OC. The summed E-state index contributed by atoms with van der Waals surface area (Å²) < 4.78 is 21.0. The van der Waals surface area contributed by atoms with Gasteiger partial charge in [-0.1, -0.05) is 0 Å². The molecule has 0 amide bonds. The topological polar surface area (TPSA) is 73.3 Å². The summed E-state index contributed by atoms with van der Waals surface area (Å²) in [7, 11) is 6.35. The van der Waals surface area contributed by atoms with Crippen LogP contribution in [0.1, 0.15) is 12.5 Å². The number of hydrogen-bond acceptors (Lipinski definition) is 6. The first-order chi connectivity index (χ1) is 13.0. The highest BCUT2D eigenvalue weighted by atomic mass is 32.1. The van der Waals surface area contributed by atoms with Gasteiger partial charge in [0.05, 0.1) is 34.2 Å². The zero-order chi connectivity index (χ0) is 19.8. The van der Waals surface area contributed by atoms with Crippen LogP contribution < -0.4 is 29.7 Å². The Labute approximate surface area is 164 Å². The van der Waals surface area contributed by atoms with E-state index in [0.717, 1.165) is 17.0 Å². The minimum atomic E-state index is 0.349. The van der Waals surface area contributed by atoms with Gasteiger partial charge in [0.15, 0.2) is 28.1 Å². The maximum atomic E-state index is 5.31. The van der Waals surface area contributed by atoms with Gasteiger partial charge in [-0.3, -0.25) is 5.43 Å². The van der Waals surface area contributed by atoms with Gasteiger partial charge >= 0.3 is 0 Å². The molecule has 27 heavy (non-hydrogen) atoms. The summed E-state index contributed by atoms with van der Waals surface area (Å²) in [6.45, 7) is 1.87. The molecule has 2 N–H and O–H groups in total. The first kappa shape index (κ1) is 20.3. The minimum Gasteiger partial charge on any atom is -0.493 e. The van der Waals surface area contributed by atoms with E-state index in [1.54, 1.807) is 40.6 Å². The lowest BCUT2D eigenvalue weighted by molar-refractivity contribution is 0.355. The highest BCUT2D eigenvalue weighted by Crippen LogP contribution is 2.30.